The number of nitrogens with zero attached hydrogens (tertiary/aromatic N) is 1. The zero-order valence-corrected chi connectivity index (χ0v) is 10.7. The number of aliphatic carboxylic acids is 1. The van der Waals surface area contributed by atoms with Gasteiger partial charge in [0.2, 0.25) is 0 Å². The smallest absolute Gasteiger partial charge is 0.323 e. The SMILES string of the molecule is CC(C)CN(CC(=O)O)C(=O)c1cc(F)ccc1F. The number of rotatable bonds is 5. The van der Waals surface area contributed by atoms with Crippen molar-refractivity contribution in [1.29, 1.82) is 0 Å². The van der Waals surface area contributed by atoms with E-state index in [0.29, 0.717) is 0 Å². The minimum Gasteiger partial charge on any atom is -0.480 e. The molecule has 0 spiro atoms. The summed E-state index contributed by atoms with van der Waals surface area (Å²) < 4.78 is 26.5. The van der Waals surface area contributed by atoms with E-state index < -0.39 is 35.6 Å². The van der Waals surface area contributed by atoms with E-state index in [-0.39, 0.29) is 12.5 Å². The van der Waals surface area contributed by atoms with Crippen LogP contribution in [0, 0.1) is 17.6 Å². The maximum absolute atomic E-state index is 13.5. The Labute approximate surface area is 109 Å². The molecular formula is C13H15F2NO3. The van der Waals surface area contributed by atoms with Crippen LogP contribution in [0.3, 0.4) is 0 Å². The number of carboxylic acids is 1. The summed E-state index contributed by atoms with van der Waals surface area (Å²) in [6, 6.07) is 2.51. The summed E-state index contributed by atoms with van der Waals surface area (Å²) in [6.45, 7) is 3.20. The van der Waals surface area contributed by atoms with Crippen molar-refractivity contribution in [1.82, 2.24) is 4.90 Å². The Morgan fingerprint density at radius 1 is 1.32 bits per heavy atom. The number of carbonyl (C=O) groups is 2. The second-order valence-electron chi connectivity index (χ2n) is 4.60. The fourth-order valence-corrected chi connectivity index (χ4v) is 1.66. The van der Waals surface area contributed by atoms with E-state index in [1.165, 1.54) is 0 Å². The molecular weight excluding hydrogens is 256 g/mol. The number of carbonyl (C=O) groups excluding carboxylic acids is 1. The van der Waals surface area contributed by atoms with Crippen LogP contribution in [0.25, 0.3) is 0 Å². The first-order valence-corrected chi connectivity index (χ1v) is 5.77. The molecule has 0 unspecified atom stereocenters. The Hall–Kier alpha value is -1.98. The molecule has 0 radical (unpaired) electrons. The van der Waals surface area contributed by atoms with Gasteiger partial charge in [-0.25, -0.2) is 8.78 Å². The third kappa shape index (κ3) is 4.31. The molecule has 1 amide bonds. The van der Waals surface area contributed by atoms with Crippen LogP contribution in [0.4, 0.5) is 8.78 Å². The summed E-state index contributed by atoms with van der Waals surface area (Å²) in [6.07, 6.45) is 0. The van der Waals surface area contributed by atoms with Crippen molar-refractivity contribution in [2.45, 2.75) is 13.8 Å². The lowest BCUT2D eigenvalue weighted by Crippen LogP contribution is -2.38. The fourth-order valence-electron chi connectivity index (χ4n) is 1.66. The van der Waals surface area contributed by atoms with Crippen molar-refractivity contribution >= 4 is 11.9 Å². The van der Waals surface area contributed by atoms with Gasteiger partial charge >= 0.3 is 5.97 Å². The number of amides is 1. The Morgan fingerprint density at radius 3 is 2.47 bits per heavy atom. The summed E-state index contributed by atoms with van der Waals surface area (Å²) in [5, 5.41) is 8.75. The summed E-state index contributed by atoms with van der Waals surface area (Å²) in [4.78, 5) is 23.8. The molecule has 1 N–H and O–H groups in total. The highest BCUT2D eigenvalue weighted by molar-refractivity contribution is 5.96. The monoisotopic (exact) mass is 271 g/mol. The van der Waals surface area contributed by atoms with Crippen LogP contribution < -0.4 is 0 Å². The van der Waals surface area contributed by atoms with Gasteiger partial charge in [-0.15, -0.1) is 0 Å². The third-order valence-electron chi connectivity index (χ3n) is 2.36. The molecule has 0 aliphatic rings. The second kappa shape index (κ2) is 6.26. The molecule has 19 heavy (non-hydrogen) atoms. The van der Waals surface area contributed by atoms with Crippen LogP contribution in [-0.4, -0.2) is 35.0 Å². The Balaban J connectivity index is 3.03. The van der Waals surface area contributed by atoms with E-state index in [4.69, 9.17) is 5.11 Å². The summed E-state index contributed by atoms with van der Waals surface area (Å²) in [5.74, 6) is -3.63. The van der Waals surface area contributed by atoms with Gasteiger partial charge in [0.15, 0.2) is 0 Å². The zero-order chi connectivity index (χ0) is 14.6. The van der Waals surface area contributed by atoms with Crippen LogP contribution in [-0.2, 0) is 4.79 Å². The van der Waals surface area contributed by atoms with Gasteiger partial charge in [-0.05, 0) is 24.1 Å². The van der Waals surface area contributed by atoms with Crippen molar-refractivity contribution in [3.05, 3.63) is 35.4 Å². The van der Waals surface area contributed by atoms with Gasteiger partial charge in [0, 0.05) is 6.54 Å². The molecule has 1 aromatic carbocycles. The van der Waals surface area contributed by atoms with E-state index in [0.717, 1.165) is 23.1 Å². The van der Waals surface area contributed by atoms with Gasteiger partial charge < -0.3 is 10.0 Å². The molecule has 104 valence electrons. The largest absolute Gasteiger partial charge is 0.480 e. The first-order valence-electron chi connectivity index (χ1n) is 5.77. The molecule has 6 heteroatoms. The lowest BCUT2D eigenvalue weighted by molar-refractivity contribution is -0.137. The number of benzene rings is 1. The van der Waals surface area contributed by atoms with Crippen LogP contribution in [0.1, 0.15) is 24.2 Å². The second-order valence-corrected chi connectivity index (χ2v) is 4.60. The average Bonchev–Trinajstić information content (AvgIpc) is 2.29. The standard InChI is InChI=1S/C13H15F2NO3/c1-8(2)6-16(7-12(17)18)13(19)10-5-9(14)3-4-11(10)15/h3-5,8H,6-7H2,1-2H3,(H,17,18). The molecule has 0 heterocycles. The van der Waals surface area contributed by atoms with Crippen LogP contribution in [0.2, 0.25) is 0 Å². The van der Waals surface area contributed by atoms with Crippen LogP contribution >= 0.6 is 0 Å². The molecule has 0 saturated heterocycles. The first kappa shape index (κ1) is 15.1. The highest BCUT2D eigenvalue weighted by Gasteiger charge is 2.22. The maximum atomic E-state index is 13.5. The molecule has 0 fully saturated rings. The Kier molecular flexibility index (Phi) is 4.97. The maximum Gasteiger partial charge on any atom is 0.323 e. The van der Waals surface area contributed by atoms with E-state index in [2.05, 4.69) is 0 Å². The van der Waals surface area contributed by atoms with E-state index in [1.54, 1.807) is 13.8 Å². The quantitative estimate of drug-likeness (QED) is 0.892. The Morgan fingerprint density at radius 2 is 1.95 bits per heavy atom. The summed E-state index contributed by atoms with van der Waals surface area (Å²) in [5.41, 5.74) is -0.457. The van der Waals surface area contributed by atoms with E-state index in [1.807, 2.05) is 0 Å². The van der Waals surface area contributed by atoms with Gasteiger partial charge in [-0.1, -0.05) is 13.8 Å². The summed E-state index contributed by atoms with van der Waals surface area (Å²) >= 11 is 0. The normalized spacial score (nSPS) is 10.6. The highest BCUT2D eigenvalue weighted by Crippen LogP contribution is 2.13. The van der Waals surface area contributed by atoms with Crippen molar-refractivity contribution < 1.29 is 23.5 Å². The Bertz CT molecular complexity index is 489. The van der Waals surface area contributed by atoms with Gasteiger partial charge in [-0.3, -0.25) is 9.59 Å². The van der Waals surface area contributed by atoms with Crippen LogP contribution in [0.15, 0.2) is 18.2 Å². The van der Waals surface area contributed by atoms with Crippen molar-refractivity contribution in [3.8, 4) is 0 Å². The molecule has 0 bridgehead atoms. The van der Waals surface area contributed by atoms with Gasteiger partial charge in [-0.2, -0.15) is 0 Å². The number of hydrogen-bond donors (Lipinski definition) is 1. The third-order valence-corrected chi connectivity index (χ3v) is 2.36. The molecule has 4 nitrogen and oxygen atoms in total. The molecule has 1 rings (SSSR count). The van der Waals surface area contributed by atoms with Gasteiger partial charge in [0.05, 0.1) is 5.56 Å². The predicted molar refractivity (Wildman–Crippen MR) is 64.7 cm³/mol. The van der Waals surface area contributed by atoms with Crippen molar-refractivity contribution in [3.63, 3.8) is 0 Å². The molecule has 0 aromatic heterocycles. The van der Waals surface area contributed by atoms with Gasteiger partial charge in [0.25, 0.3) is 5.91 Å². The van der Waals surface area contributed by atoms with E-state index in [9.17, 15) is 18.4 Å². The lowest BCUT2D eigenvalue weighted by Gasteiger charge is -2.23. The minimum atomic E-state index is -1.20. The zero-order valence-electron chi connectivity index (χ0n) is 10.7. The number of hydrogen-bond acceptors (Lipinski definition) is 2. The molecule has 0 saturated carbocycles. The molecule has 0 atom stereocenters. The van der Waals surface area contributed by atoms with Crippen LogP contribution in [0.5, 0.6) is 0 Å². The molecule has 0 aliphatic heterocycles. The molecule has 0 aliphatic carbocycles. The van der Waals surface area contributed by atoms with E-state index >= 15 is 0 Å². The van der Waals surface area contributed by atoms with Gasteiger partial charge in [0.1, 0.15) is 18.2 Å². The minimum absolute atomic E-state index is 0.0138. The summed E-state index contributed by atoms with van der Waals surface area (Å²) in [7, 11) is 0. The van der Waals surface area contributed by atoms with Crippen molar-refractivity contribution in [2.75, 3.05) is 13.1 Å². The molecule has 1 aromatic rings. The highest BCUT2D eigenvalue weighted by atomic mass is 19.1. The lowest BCUT2D eigenvalue weighted by atomic mass is 10.1. The first-order chi connectivity index (χ1) is 8.81. The predicted octanol–water partition coefficient (Wildman–Crippen LogP) is 2.15. The van der Waals surface area contributed by atoms with Crippen molar-refractivity contribution in [2.24, 2.45) is 5.92 Å². The number of carboxylic acid groups (broad SMARTS) is 1. The topological polar surface area (TPSA) is 57.6 Å². The average molecular weight is 271 g/mol. The number of halogens is 2. The fraction of sp³-hybridized carbons (Fsp3) is 0.385.